The Hall–Kier alpha value is -2.20. The molecule has 0 aliphatic carbocycles. The van der Waals surface area contributed by atoms with E-state index in [1.54, 1.807) is 0 Å². The van der Waals surface area contributed by atoms with Crippen LogP contribution < -0.4 is 4.72 Å². The lowest BCUT2D eigenvalue weighted by atomic mass is 10.2. The number of aliphatic carboxylic acids is 1. The van der Waals surface area contributed by atoms with Crippen molar-refractivity contribution in [1.29, 1.82) is 0 Å². The Morgan fingerprint density at radius 1 is 1.33 bits per heavy atom. The molecule has 8 nitrogen and oxygen atoms in total. The highest BCUT2D eigenvalue weighted by molar-refractivity contribution is 7.90. The van der Waals surface area contributed by atoms with E-state index in [0.717, 1.165) is 29.6 Å². The van der Waals surface area contributed by atoms with E-state index in [1.807, 2.05) is 4.72 Å². The second kappa shape index (κ2) is 6.50. The van der Waals surface area contributed by atoms with Gasteiger partial charge in [0.2, 0.25) is 0 Å². The molecule has 0 radical (unpaired) electrons. The summed E-state index contributed by atoms with van der Waals surface area (Å²) in [5.74, 6) is -3.69. The molecular weight excluding hydrogens is 307 g/mol. The number of anilines is 1. The fraction of sp³-hybridized carbons (Fsp3) is 0.273. The van der Waals surface area contributed by atoms with E-state index < -0.39 is 33.5 Å². The standard InChI is InChI=1S/C11H13FN2O6S/c1-14(5-4-10(15)16)21(19,20)13-7-2-3-9(12)8(6-7)11(17)18/h2-3,6,13H,4-5H2,1H3,(H,15,16)(H,17,18). The van der Waals surface area contributed by atoms with Crippen molar-refractivity contribution in [3.8, 4) is 0 Å². The maximum Gasteiger partial charge on any atom is 0.338 e. The normalized spacial score (nSPS) is 11.4. The molecule has 0 saturated heterocycles. The van der Waals surface area contributed by atoms with E-state index in [0.29, 0.717) is 0 Å². The third-order valence-corrected chi connectivity index (χ3v) is 3.99. The molecule has 0 aliphatic rings. The van der Waals surface area contributed by atoms with Gasteiger partial charge in [0.05, 0.1) is 17.7 Å². The van der Waals surface area contributed by atoms with Gasteiger partial charge < -0.3 is 10.2 Å². The summed E-state index contributed by atoms with van der Waals surface area (Å²) in [6.45, 7) is -0.266. The van der Waals surface area contributed by atoms with Gasteiger partial charge >= 0.3 is 22.1 Å². The van der Waals surface area contributed by atoms with Crippen LogP contribution in [0.5, 0.6) is 0 Å². The molecule has 1 rings (SSSR count). The molecule has 21 heavy (non-hydrogen) atoms. The Bertz CT molecular complexity index is 661. The van der Waals surface area contributed by atoms with Crippen molar-refractivity contribution in [2.24, 2.45) is 0 Å². The predicted molar refractivity (Wildman–Crippen MR) is 70.8 cm³/mol. The van der Waals surface area contributed by atoms with Crippen LogP contribution in [0.4, 0.5) is 10.1 Å². The van der Waals surface area contributed by atoms with E-state index in [-0.39, 0.29) is 18.7 Å². The van der Waals surface area contributed by atoms with Gasteiger partial charge in [-0.15, -0.1) is 0 Å². The molecule has 0 spiro atoms. The fourth-order valence-electron chi connectivity index (χ4n) is 1.35. The number of nitrogens with zero attached hydrogens (tertiary/aromatic N) is 1. The molecule has 0 unspecified atom stereocenters. The molecule has 10 heteroatoms. The highest BCUT2D eigenvalue weighted by Crippen LogP contribution is 2.17. The zero-order valence-corrected chi connectivity index (χ0v) is 11.7. The molecule has 0 aromatic heterocycles. The van der Waals surface area contributed by atoms with Crippen LogP contribution in [-0.2, 0) is 15.0 Å². The number of carboxylic acid groups (broad SMARTS) is 2. The monoisotopic (exact) mass is 320 g/mol. The molecule has 0 aliphatic heterocycles. The number of halogens is 1. The van der Waals surface area contributed by atoms with Gasteiger partial charge in [-0.2, -0.15) is 12.7 Å². The van der Waals surface area contributed by atoms with Crippen molar-refractivity contribution in [2.45, 2.75) is 6.42 Å². The first-order valence-electron chi connectivity index (χ1n) is 5.62. The summed E-state index contributed by atoms with van der Waals surface area (Å²) in [5.41, 5.74) is -0.820. The van der Waals surface area contributed by atoms with Crippen LogP contribution >= 0.6 is 0 Å². The van der Waals surface area contributed by atoms with Crippen molar-refractivity contribution in [3.05, 3.63) is 29.6 Å². The summed E-state index contributed by atoms with van der Waals surface area (Å²) in [6.07, 6.45) is -0.388. The Balaban J connectivity index is 2.91. The molecular formula is C11H13FN2O6S. The second-order valence-corrected chi connectivity index (χ2v) is 5.85. The van der Waals surface area contributed by atoms with Gasteiger partial charge in [-0.05, 0) is 18.2 Å². The van der Waals surface area contributed by atoms with Crippen LogP contribution in [0.1, 0.15) is 16.8 Å². The van der Waals surface area contributed by atoms with E-state index >= 15 is 0 Å². The highest BCUT2D eigenvalue weighted by atomic mass is 32.2. The highest BCUT2D eigenvalue weighted by Gasteiger charge is 2.19. The molecule has 0 saturated carbocycles. The molecule has 1 aromatic carbocycles. The molecule has 0 atom stereocenters. The van der Waals surface area contributed by atoms with Gasteiger partial charge in [-0.1, -0.05) is 0 Å². The van der Waals surface area contributed by atoms with Crippen LogP contribution in [-0.4, -0.2) is 48.5 Å². The van der Waals surface area contributed by atoms with Gasteiger partial charge in [0.15, 0.2) is 0 Å². The van der Waals surface area contributed by atoms with E-state index in [4.69, 9.17) is 10.2 Å². The van der Waals surface area contributed by atoms with Crippen LogP contribution in [0.25, 0.3) is 0 Å². The molecule has 116 valence electrons. The van der Waals surface area contributed by atoms with Crippen LogP contribution in [0.2, 0.25) is 0 Å². The summed E-state index contributed by atoms with van der Waals surface area (Å²) in [7, 11) is -2.90. The van der Waals surface area contributed by atoms with Gasteiger partial charge in [-0.3, -0.25) is 9.52 Å². The quantitative estimate of drug-likeness (QED) is 0.675. The first kappa shape index (κ1) is 16.9. The SMILES string of the molecule is CN(CCC(=O)O)S(=O)(=O)Nc1ccc(F)c(C(=O)O)c1. The van der Waals surface area contributed by atoms with Crippen molar-refractivity contribution in [2.75, 3.05) is 18.3 Å². The Labute approximate surface area is 120 Å². The van der Waals surface area contributed by atoms with Crippen LogP contribution in [0, 0.1) is 5.82 Å². The maximum absolute atomic E-state index is 13.2. The summed E-state index contributed by atoms with van der Waals surface area (Å²) in [5, 5.41) is 17.2. The fourth-order valence-corrected chi connectivity index (χ4v) is 2.27. The Morgan fingerprint density at radius 3 is 2.48 bits per heavy atom. The number of carbonyl (C=O) groups is 2. The number of benzene rings is 1. The van der Waals surface area contributed by atoms with Crippen molar-refractivity contribution in [3.63, 3.8) is 0 Å². The third-order valence-electron chi connectivity index (χ3n) is 2.49. The number of hydrogen-bond acceptors (Lipinski definition) is 4. The summed E-state index contributed by atoms with van der Waals surface area (Å²) < 4.78 is 39.7. The largest absolute Gasteiger partial charge is 0.481 e. The molecule has 0 fully saturated rings. The number of aromatic carboxylic acids is 1. The van der Waals surface area contributed by atoms with E-state index in [9.17, 15) is 22.4 Å². The van der Waals surface area contributed by atoms with Crippen LogP contribution in [0.15, 0.2) is 18.2 Å². The van der Waals surface area contributed by atoms with E-state index in [2.05, 4.69) is 0 Å². The number of nitrogens with one attached hydrogen (secondary N) is 1. The van der Waals surface area contributed by atoms with Gasteiger partial charge in [0.25, 0.3) is 0 Å². The van der Waals surface area contributed by atoms with Gasteiger partial charge in [0, 0.05) is 13.6 Å². The second-order valence-electron chi connectivity index (χ2n) is 4.07. The minimum absolute atomic E-state index is 0.143. The van der Waals surface area contributed by atoms with Gasteiger partial charge in [-0.25, -0.2) is 9.18 Å². The summed E-state index contributed by atoms with van der Waals surface area (Å²) in [4.78, 5) is 21.2. The van der Waals surface area contributed by atoms with Crippen LogP contribution in [0.3, 0.4) is 0 Å². The number of rotatable bonds is 7. The van der Waals surface area contributed by atoms with Crippen molar-refractivity contribution < 1.29 is 32.6 Å². The minimum atomic E-state index is -4.06. The lowest BCUT2D eigenvalue weighted by Crippen LogP contribution is -2.34. The molecule has 0 heterocycles. The van der Waals surface area contributed by atoms with E-state index in [1.165, 1.54) is 0 Å². The zero-order chi connectivity index (χ0) is 16.2. The first-order valence-corrected chi connectivity index (χ1v) is 7.06. The van der Waals surface area contributed by atoms with Gasteiger partial charge in [0.1, 0.15) is 5.82 Å². The zero-order valence-electron chi connectivity index (χ0n) is 10.9. The molecule has 3 N–H and O–H groups in total. The summed E-state index contributed by atoms with van der Waals surface area (Å²) in [6, 6.07) is 2.71. The predicted octanol–water partition coefficient (Wildman–Crippen LogP) is 0.587. The lowest BCUT2D eigenvalue weighted by molar-refractivity contribution is -0.137. The molecule has 0 bridgehead atoms. The average molecular weight is 320 g/mol. The smallest absolute Gasteiger partial charge is 0.338 e. The molecule has 0 amide bonds. The van der Waals surface area contributed by atoms with Crippen molar-refractivity contribution >= 4 is 27.8 Å². The number of carboxylic acids is 2. The number of hydrogen-bond donors (Lipinski definition) is 3. The third kappa shape index (κ3) is 4.68. The maximum atomic E-state index is 13.2. The molecule has 1 aromatic rings. The minimum Gasteiger partial charge on any atom is -0.481 e. The van der Waals surface area contributed by atoms with Crippen molar-refractivity contribution in [1.82, 2.24) is 4.31 Å². The summed E-state index contributed by atoms with van der Waals surface area (Å²) >= 11 is 0. The first-order chi connectivity index (χ1) is 9.63. The Morgan fingerprint density at radius 2 is 1.95 bits per heavy atom. The Kier molecular flexibility index (Phi) is 5.22. The average Bonchev–Trinajstić information content (AvgIpc) is 2.37. The topological polar surface area (TPSA) is 124 Å². The lowest BCUT2D eigenvalue weighted by Gasteiger charge is -2.17.